The highest BCUT2D eigenvalue weighted by Gasteiger charge is 2.48. The minimum Gasteiger partial charge on any atom is -0.444 e. The van der Waals surface area contributed by atoms with Crippen LogP contribution in [0.5, 0.6) is 0 Å². The van der Waals surface area contributed by atoms with Crippen LogP contribution in [0, 0.1) is 0 Å². The highest BCUT2D eigenvalue weighted by atomic mass is 16.6. The Kier molecular flexibility index (Phi) is 3.54. The van der Waals surface area contributed by atoms with E-state index < -0.39 is 11.2 Å². The molecule has 1 saturated heterocycles. The summed E-state index contributed by atoms with van der Waals surface area (Å²) in [6.45, 7) is 6.66. The van der Waals surface area contributed by atoms with Gasteiger partial charge in [-0.3, -0.25) is 0 Å². The molecule has 0 saturated carbocycles. The number of methoxy groups -OCH3 is 1. The lowest BCUT2D eigenvalue weighted by Crippen LogP contribution is -2.62. The molecule has 0 bridgehead atoms. The molecule has 1 amide bonds. The van der Waals surface area contributed by atoms with Gasteiger partial charge in [-0.05, 0) is 26.3 Å². The fraction of sp³-hybridized carbons (Fsp3) is 0.533. The maximum atomic E-state index is 11.9. The molecule has 1 heterocycles. The van der Waals surface area contributed by atoms with Crippen LogP contribution in [0.4, 0.5) is 4.79 Å². The Balaban J connectivity index is 2.02. The van der Waals surface area contributed by atoms with Crippen LogP contribution in [0.3, 0.4) is 0 Å². The summed E-state index contributed by atoms with van der Waals surface area (Å²) in [7, 11) is 1.68. The Morgan fingerprint density at radius 2 is 1.79 bits per heavy atom. The number of hydrogen-bond donors (Lipinski definition) is 0. The van der Waals surface area contributed by atoms with E-state index in [1.807, 2.05) is 51.1 Å². The Morgan fingerprint density at radius 3 is 2.26 bits per heavy atom. The Hall–Kier alpha value is -1.55. The molecule has 0 aliphatic carbocycles. The van der Waals surface area contributed by atoms with Crippen molar-refractivity contribution in [3.8, 4) is 0 Å². The van der Waals surface area contributed by atoms with Gasteiger partial charge in [-0.1, -0.05) is 30.3 Å². The van der Waals surface area contributed by atoms with Crippen LogP contribution >= 0.6 is 0 Å². The summed E-state index contributed by atoms with van der Waals surface area (Å²) in [5.74, 6) is 0. The molecule has 104 valence electrons. The number of nitrogens with zero attached hydrogens (tertiary/aromatic N) is 1. The van der Waals surface area contributed by atoms with Crippen LogP contribution < -0.4 is 0 Å². The molecule has 1 fully saturated rings. The molecule has 1 aliphatic rings. The predicted octanol–water partition coefficient (Wildman–Crippen LogP) is 2.78. The Labute approximate surface area is 114 Å². The monoisotopic (exact) mass is 263 g/mol. The largest absolute Gasteiger partial charge is 0.444 e. The first kappa shape index (κ1) is 13.9. The highest BCUT2D eigenvalue weighted by Crippen LogP contribution is 2.35. The van der Waals surface area contributed by atoms with Crippen LogP contribution in [0.2, 0.25) is 0 Å². The van der Waals surface area contributed by atoms with Crippen molar-refractivity contribution in [2.45, 2.75) is 32.0 Å². The van der Waals surface area contributed by atoms with Crippen molar-refractivity contribution in [3.63, 3.8) is 0 Å². The third-order valence-electron chi connectivity index (χ3n) is 3.23. The topological polar surface area (TPSA) is 38.8 Å². The van der Waals surface area contributed by atoms with Crippen LogP contribution in [0.15, 0.2) is 30.3 Å². The molecule has 1 aromatic rings. The second kappa shape index (κ2) is 4.85. The van der Waals surface area contributed by atoms with E-state index in [0.717, 1.165) is 5.56 Å². The van der Waals surface area contributed by atoms with Crippen molar-refractivity contribution in [1.82, 2.24) is 4.90 Å². The molecule has 1 aliphatic heterocycles. The molecule has 4 heteroatoms. The van der Waals surface area contributed by atoms with Gasteiger partial charge in [-0.25, -0.2) is 4.79 Å². The number of benzene rings is 1. The van der Waals surface area contributed by atoms with E-state index in [2.05, 4.69) is 0 Å². The maximum Gasteiger partial charge on any atom is 0.410 e. The van der Waals surface area contributed by atoms with E-state index in [9.17, 15) is 4.79 Å². The Morgan fingerprint density at radius 1 is 1.21 bits per heavy atom. The number of ether oxygens (including phenoxy) is 2. The number of carbonyl (C=O) groups is 1. The van der Waals surface area contributed by atoms with Crippen molar-refractivity contribution in [2.75, 3.05) is 20.2 Å². The van der Waals surface area contributed by atoms with Crippen LogP contribution in [-0.2, 0) is 15.1 Å². The standard InChI is InChI=1S/C15H21NO3/c1-14(2,3)19-13(17)16-10-15(11-16,18-4)12-8-6-5-7-9-12/h5-9H,10-11H2,1-4H3. The van der Waals surface area contributed by atoms with Gasteiger partial charge >= 0.3 is 6.09 Å². The Bertz CT molecular complexity index is 444. The average molecular weight is 263 g/mol. The first-order chi connectivity index (χ1) is 8.86. The van der Waals surface area contributed by atoms with E-state index in [1.54, 1.807) is 12.0 Å². The zero-order valence-corrected chi connectivity index (χ0v) is 12.0. The lowest BCUT2D eigenvalue weighted by Gasteiger charge is -2.49. The molecule has 0 atom stereocenters. The minimum absolute atomic E-state index is 0.281. The van der Waals surface area contributed by atoms with E-state index in [1.165, 1.54) is 0 Å². The molecule has 1 aromatic carbocycles. The highest BCUT2D eigenvalue weighted by molar-refractivity contribution is 5.70. The van der Waals surface area contributed by atoms with Crippen molar-refractivity contribution in [2.24, 2.45) is 0 Å². The van der Waals surface area contributed by atoms with Gasteiger partial charge in [0.1, 0.15) is 11.2 Å². The zero-order chi connectivity index (χ0) is 14.1. The van der Waals surface area contributed by atoms with Gasteiger partial charge in [0.05, 0.1) is 13.1 Å². The van der Waals surface area contributed by atoms with Gasteiger partial charge in [-0.2, -0.15) is 0 Å². The molecule has 0 unspecified atom stereocenters. The van der Waals surface area contributed by atoms with Gasteiger partial charge in [-0.15, -0.1) is 0 Å². The third kappa shape index (κ3) is 2.89. The number of rotatable bonds is 2. The van der Waals surface area contributed by atoms with Crippen LogP contribution in [0.25, 0.3) is 0 Å². The molecular formula is C15H21NO3. The molecule has 0 radical (unpaired) electrons. The van der Waals surface area contributed by atoms with Crippen molar-refractivity contribution in [3.05, 3.63) is 35.9 Å². The summed E-state index contributed by atoms with van der Waals surface area (Å²) >= 11 is 0. The second-order valence-electron chi connectivity index (χ2n) is 5.90. The SMILES string of the molecule is COC1(c2ccccc2)CN(C(=O)OC(C)(C)C)C1. The summed E-state index contributed by atoms with van der Waals surface area (Å²) in [6.07, 6.45) is -0.281. The molecule has 0 spiro atoms. The number of amides is 1. The molecule has 4 nitrogen and oxygen atoms in total. The van der Waals surface area contributed by atoms with E-state index in [4.69, 9.17) is 9.47 Å². The van der Waals surface area contributed by atoms with E-state index in [-0.39, 0.29) is 6.09 Å². The van der Waals surface area contributed by atoms with Gasteiger partial charge in [0.15, 0.2) is 0 Å². The molecule has 0 N–H and O–H groups in total. The van der Waals surface area contributed by atoms with Crippen molar-refractivity contribution in [1.29, 1.82) is 0 Å². The van der Waals surface area contributed by atoms with Gasteiger partial charge in [0, 0.05) is 7.11 Å². The smallest absolute Gasteiger partial charge is 0.410 e. The number of carbonyl (C=O) groups excluding carboxylic acids is 1. The zero-order valence-electron chi connectivity index (χ0n) is 12.0. The summed E-state index contributed by atoms with van der Waals surface area (Å²) in [5.41, 5.74) is 0.241. The summed E-state index contributed by atoms with van der Waals surface area (Å²) < 4.78 is 11.0. The van der Waals surface area contributed by atoms with Gasteiger partial charge < -0.3 is 14.4 Å². The van der Waals surface area contributed by atoms with E-state index in [0.29, 0.717) is 13.1 Å². The van der Waals surface area contributed by atoms with E-state index >= 15 is 0 Å². The first-order valence-electron chi connectivity index (χ1n) is 6.45. The van der Waals surface area contributed by atoms with Crippen molar-refractivity contribution < 1.29 is 14.3 Å². The lowest BCUT2D eigenvalue weighted by molar-refractivity contribution is -0.127. The molecule has 0 aromatic heterocycles. The molecular weight excluding hydrogens is 242 g/mol. The third-order valence-corrected chi connectivity index (χ3v) is 3.23. The summed E-state index contributed by atoms with van der Waals surface area (Å²) in [5, 5.41) is 0. The van der Waals surface area contributed by atoms with Gasteiger partial charge in [0.2, 0.25) is 0 Å². The predicted molar refractivity (Wildman–Crippen MR) is 72.9 cm³/mol. The maximum absolute atomic E-state index is 11.9. The lowest BCUT2D eigenvalue weighted by atomic mass is 9.86. The van der Waals surface area contributed by atoms with Crippen molar-refractivity contribution >= 4 is 6.09 Å². The van der Waals surface area contributed by atoms with Crippen LogP contribution in [0.1, 0.15) is 26.3 Å². The van der Waals surface area contributed by atoms with Gasteiger partial charge in [0.25, 0.3) is 0 Å². The second-order valence-corrected chi connectivity index (χ2v) is 5.90. The number of hydrogen-bond acceptors (Lipinski definition) is 3. The molecule has 19 heavy (non-hydrogen) atoms. The summed E-state index contributed by atoms with van der Waals surface area (Å²) in [6, 6.07) is 9.97. The minimum atomic E-state index is -0.463. The first-order valence-corrected chi connectivity index (χ1v) is 6.45. The summed E-state index contributed by atoms with van der Waals surface area (Å²) in [4.78, 5) is 13.6. The normalized spacial score (nSPS) is 17.8. The fourth-order valence-corrected chi connectivity index (χ4v) is 2.20. The fourth-order valence-electron chi connectivity index (χ4n) is 2.20. The number of likely N-dealkylation sites (tertiary alicyclic amines) is 1. The quantitative estimate of drug-likeness (QED) is 0.823. The van der Waals surface area contributed by atoms with Crippen LogP contribution in [-0.4, -0.2) is 36.8 Å². The average Bonchev–Trinajstić information content (AvgIpc) is 2.27. The molecule has 2 rings (SSSR count).